The monoisotopic (exact) mass is 593 g/mol. The summed E-state index contributed by atoms with van der Waals surface area (Å²) in [6.45, 7) is -0.00927. The molecule has 0 saturated carbocycles. The van der Waals surface area contributed by atoms with E-state index in [-0.39, 0.29) is 40.7 Å². The number of β-lactam (4-membered cyclic amide) rings is 1. The number of thiazole rings is 1. The Morgan fingerprint density at radius 3 is 3.03 bits per heavy atom. The van der Waals surface area contributed by atoms with E-state index in [1.54, 1.807) is 5.38 Å². The van der Waals surface area contributed by atoms with E-state index in [1.807, 2.05) is 12.2 Å². The fourth-order valence-electron chi connectivity index (χ4n) is 4.23. The van der Waals surface area contributed by atoms with E-state index in [2.05, 4.69) is 41.4 Å². The molecular weight excluding hydrogens is 570 g/mol. The maximum absolute atomic E-state index is 13.3. The van der Waals surface area contributed by atoms with Crippen molar-refractivity contribution in [2.75, 3.05) is 23.4 Å². The Balaban J connectivity index is 1.27. The Hall–Kier alpha value is -3.51. The molecule has 2 saturated heterocycles. The predicted molar refractivity (Wildman–Crippen MR) is 141 cm³/mol. The van der Waals surface area contributed by atoms with Crippen molar-refractivity contribution >= 4 is 69.9 Å². The number of fused-ring (bicyclic) bond motifs is 1. The van der Waals surface area contributed by atoms with Crippen molar-refractivity contribution in [3.05, 3.63) is 23.2 Å². The highest BCUT2D eigenvalue weighted by atomic mass is 32.2. The van der Waals surface area contributed by atoms with E-state index in [0.717, 1.165) is 42.4 Å². The molecule has 3 amide bonds. The maximum atomic E-state index is 13.3. The van der Waals surface area contributed by atoms with E-state index in [4.69, 9.17) is 4.84 Å². The molecule has 2 aliphatic heterocycles. The summed E-state index contributed by atoms with van der Waals surface area (Å²) in [5.41, 5.74) is -1.15. The molecule has 1 aliphatic carbocycles. The second kappa shape index (κ2) is 11.7. The predicted octanol–water partition coefficient (Wildman–Crippen LogP) is 0.317. The molecule has 0 spiro atoms. The number of nitrogens with zero attached hydrogens (tertiary/aromatic N) is 6. The molecule has 0 aromatic carbocycles. The molecule has 4 atom stereocenters. The first-order chi connectivity index (χ1) is 18.9. The summed E-state index contributed by atoms with van der Waals surface area (Å²) in [5.74, 6) is -1.71. The SMILES string of the molecule is O=CNc1nc(C(=NOC2C=CCCC2)C(=O)NC2C(=O)N3CC(CSc4nnn[nH]4)(C(=O)O)CS[C@H]23)cs1. The number of carboxylic acid groups (broad SMARTS) is 1. The second-order valence-electron chi connectivity index (χ2n) is 8.94. The zero-order valence-corrected chi connectivity index (χ0v) is 22.6. The molecule has 4 N–H and O–H groups in total. The van der Waals surface area contributed by atoms with Gasteiger partial charge < -0.3 is 25.5 Å². The highest BCUT2D eigenvalue weighted by Gasteiger charge is 2.57. The Morgan fingerprint density at radius 2 is 2.31 bits per heavy atom. The quantitative estimate of drug-likeness (QED) is 0.0694. The van der Waals surface area contributed by atoms with Gasteiger partial charge in [-0.25, -0.2) is 10.1 Å². The normalized spacial score (nSPS) is 26.4. The number of thioether (sulfide) groups is 2. The average Bonchev–Trinajstić information content (AvgIpc) is 3.64. The summed E-state index contributed by atoms with van der Waals surface area (Å²) in [7, 11) is 0. The third-order valence-corrected chi connectivity index (χ3v) is 9.83. The second-order valence-corrected chi connectivity index (χ2v) is 11.9. The van der Waals surface area contributed by atoms with Crippen molar-refractivity contribution in [3.8, 4) is 0 Å². The first-order valence-electron chi connectivity index (χ1n) is 11.8. The van der Waals surface area contributed by atoms with Crippen LogP contribution in [0.2, 0.25) is 0 Å². The van der Waals surface area contributed by atoms with Crippen molar-refractivity contribution in [3.63, 3.8) is 0 Å². The summed E-state index contributed by atoms with van der Waals surface area (Å²) < 4.78 is 0. The first kappa shape index (κ1) is 27.1. The van der Waals surface area contributed by atoms with Crippen molar-refractivity contribution < 1.29 is 29.1 Å². The number of H-pyrrole nitrogens is 1. The van der Waals surface area contributed by atoms with Gasteiger partial charge in [0.25, 0.3) is 5.91 Å². The molecule has 4 heterocycles. The van der Waals surface area contributed by atoms with Crippen LogP contribution in [0.5, 0.6) is 0 Å². The van der Waals surface area contributed by atoms with Gasteiger partial charge in [0, 0.05) is 23.4 Å². The number of rotatable bonds is 11. The average molecular weight is 594 g/mol. The van der Waals surface area contributed by atoms with Crippen LogP contribution in [0, 0.1) is 5.41 Å². The molecule has 39 heavy (non-hydrogen) atoms. The van der Waals surface area contributed by atoms with Gasteiger partial charge in [-0.1, -0.05) is 23.0 Å². The van der Waals surface area contributed by atoms with Gasteiger partial charge in [0.2, 0.25) is 17.5 Å². The number of carbonyl (C=O) groups excluding carboxylic acids is 3. The van der Waals surface area contributed by atoms with Gasteiger partial charge in [0.05, 0.1) is 0 Å². The molecule has 3 aliphatic rings. The highest BCUT2D eigenvalue weighted by Crippen LogP contribution is 2.44. The summed E-state index contributed by atoms with van der Waals surface area (Å²) in [4.78, 5) is 60.6. The summed E-state index contributed by atoms with van der Waals surface area (Å²) in [5, 5.41) is 34.3. The summed E-state index contributed by atoms with van der Waals surface area (Å²) in [6, 6.07) is -0.869. The molecule has 3 unspecified atom stereocenters. The molecule has 0 bridgehead atoms. The molecule has 2 aromatic rings. The van der Waals surface area contributed by atoms with Crippen LogP contribution in [-0.2, 0) is 24.0 Å². The number of hydrogen-bond donors (Lipinski definition) is 4. The van der Waals surface area contributed by atoms with Crippen molar-refractivity contribution in [1.29, 1.82) is 0 Å². The number of aromatic nitrogens is 5. The molecule has 5 rings (SSSR count). The number of aromatic amines is 1. The maximum Gasteiger partial charge on any atom is 0.313 e. The molecule has 2 fully saturated rings. The molecular formula is C21H23N9O6S3. The Bertz CT molecular complexity index is 1300. The number of anilines is 1. The van der Waals surface area contributed by atoms with Gasteiger partial charge >= 0.3 is 5.97 Å². The Morgan fingerprint density at radius 1 is 1.44 bits per heavy atom. The smallest absolute Gasteiger partial charge is 0.313 e. The number of carbonyl (C=O) groups is 4. The highest BCUT2D eigenvalue weighted by molar-refractivity contribution is 8.00. The van der Waals surface area contributed by atoms with E-state index in [0.29, 0.717) is 11.6 Å². The van der Waals surface area contributed by atoms with Crippen LogP contribution in [0.15, 0.2) is 27.8 Å². The largest absolute Gasteiger partial charge is 0.481 e. The number of allylic oxidation sites excluding steroid dienone is 1. The van der Waals surface area contributed by atoms with Crippen LogP contribution in [0.1, 0.15) is 25.0 Å². The first-order valence-corrected chi connectivity index (χ1v) is 14.7. The fraction of sp³-hybridized carbons (Fsp3) is 0.476. The minimum absolute atomic E-state index is 0.00927. The number of nitrogens with one attached hydrogen (secondary N) is 3. The third kappa shape index (κ3) is 5.76. The number of aliphatic carboxylic acids is 1. The van der Waals surface area contributed by atoms with Crippen molar-refractivity contribution in [2.24, 2.45) is 10.6 Å². The van der Waals surface area contributed by atoms with Crippen molar-refractivity contribution in [1.82, 2.24) is 35.8 Å². The number of hydrogen-bond acceptors (Lipinski definition) is 13. The van der Waals surface area contributed by atoms with Crippen molar-refractivity contribution in [2.45, 2.75) is 41.9 Å². The van der Waals surface area contributed by atoms with E-state index < -0.39 is 34.6 Å². The molecule has 0 radical (unpaired) electrons. The lowest BCUT2D eigenvalue weighted by Crippen LogP contribution is -2.74. The number of carboxylic acids is 1. The molecule has 206 valence electrons. The van der Waals surface area contributed by atoms with Crippen LogP contribution in [0.3, 0.4) is 0 Å². The van der Waals surface area contributed by atoms with Crippen LogP contribution >= 0.6 is 34.9 Å². The minimum atomic E-state index is -1.21. The molecule has 2 aromatic heterocycles. The zero-order chi connectivity index (χ0) is 27.4. The van der Waals surface area contributed by atoms with Gasteiger partial charge in [0.1, 0.15) is 28.6 Å². The van der Waals surface area contributed by atoms with E-state index in [9.17, 15) is 24.3 Å². The van der Waals surface area contributed by atoms with Gasteiger partial charge in [-0.3, -0.25) is 19.2 Å². The fourth-order valence-corrected chi connectivity index (χ4v) is 7.48. The lowest BCUT2D eigenvalue weighted by molar-refractivity contribution is -0.157. The van der Waals surface area contributed by atoms with E-state index >= 15 is 0 Å². The number of oxime groups is 1. The van der Waals surface area contributed by atoms with Gasteiger partial charge in [-0.2, -0.15) is 0 Å². The molecule has 15 nitrogen and oxygen atoms in total. The minimum Gasteiger partial charge on any atom is -0.481 e. The lowest BCUT2D eigenvalue weighted by Gasteiger charge is -2.53. The molecule has 18 heteroatoms. The summed E-state index contributed by atoms with van der Waals surface area (Å²) >= 11 is 3.56. The topological polar surface area (TPSA) is 205 Å². The van der Waals surface area contributed by atoms with Gasteiger partial charge in [0.15, 0.2) is 10.8 Å². The third-order valence-electron chi connectivity index (χ3n) is 6.33. The standard InChI is InChI=1S/C21H23N9O6S3/c31-10-22-19-23-12(6-37-19)13(27-36-11-4-2-1-3-5-11)15(32)24-14-16(33)30-7-21(18(34)35,8-38-17(14)30)9-39-20-25-28-29-26-20/h2,4,6,10-11,14,17H,1,3,5,7-9H2,(H,24,32)(H,34,35)(H,22,23,31)(H,25,26,28,29)/t11?,14?,17-,21?/m1/s1. The lowest BCUT2D eigenvalue weighted by atomic mass is 9.89. The number of tetrazole rings is 1. The Kier molecular flexibility index (Phi) is 8.12. The van der Waals surface area contributed by atoms with Gasteiger partial charge in [-0.15, -0.1) is 28.2 Å². The summed E-state index contributed by atoms with van der Waals surface area (Å²) in [6.07, 6.45) is 6.66. The van der Waals surface area contributed by atoms with Crippen LogP contribution in [0.25, 0.3) is 0 Å². The number of amides is 3. The van der Waals surface area contributed by atoms with Crippen LogP contribution < -0.4 is 10.6 Å². The van der Waals surface area contributed by atoms with Crippen LogP contribution in [-0.4, -0.2) is 101 Å². The van der Waals surface area contributed by atoms with E-state index in [1.165, 1.54) is 16.7 Å². The van der Waals surface area contributed by atoms with Crippen LogP contribution in [0.4, 0.5) is 5.13 Å². The zero-order valence-electron chi connectivity index (χ0n) is 20.2. The van der Waals surface area contributed by atoms with Gasteiger partial charge in [-0.05, 0) is 35.8 Å². The Labute approximate surface area is 233 Å².